The van der Waals surface area contributed by atoms with Crippen LogP contribution in [0.5, 0.6) is 0 Å². The predicted molar refractivity (Wildman–Crippen MR) is 161 cm³/mol. The number of aliphatic hydroxyl groups excluding tert-OH is 1. The minimum absolute atomic E-state index is 0.0937. The molecule has 0 radical (unpaired) electrons. The highest BCUT2D eigenvalue weighted by Crippen LogP contribution is 2.39. The third-order valence-electron chi connectivity index (χ3n) is 7.29. The molecule has 0 aliphatic carbocycles. The van der Waals surface area contributed by atoms with Gasteiger partial charge in [0.05, 0.1) is 41.9 Å². The molecule has 0 aliphatic heterocycles. The SMILES string of the molecule is CCCCOC(=O)C(CC(CC(C)(C)C(=O)OCCN(C)C)C(=O)OCCO)CC(CC(C)(C)C#N)c1ccccc1. The fourth-order valence-electron chi connectivity index (χ4n) is 4.88. The van der Waals surface area contributed by atoms with Crippen molar-refractivity contribution in [3.8, 4) is 6.07 Å². The lowest BCUT2D eigenvalue weighted by molar-refractivity contribution is -0.159. The summed E-state index contributed by atoms with van der Waals surface area (Å²) in [5.74, 6) is -3.10. The third kappa shape index (κ3) is 13.8. The molecule has 3 atom stereocenters. The topological polar surface area (TPSA) is 126 Å². The smallest absolute Gasteiger partial charge is 0.311 e. The molecule has 0 spiro atoms. The van der Waals surface area contributed by atoms with E-state index < -0.39 is 40.6 Å². The molecular formula is C33H52N2O7. The summed E-state index contributed by atoms with van der Waals surface area (Å²) in [6.45, 7) is 9.72. The van der Waals surface area contributed by atoms with Crippen molar-refractivity contribution >= 4 is 17.9 Å². The lowest BCUT2D eigenvalue weighted by Gasteiger charge is -2.31. The number of carbonyl (C=O) groups is 3. The minimum Gasteiger partial charge on any atom is -0.465 e. The number of nitrogens with zero attached hydrogens (tertiary/aromatic N) is 2. The molecule has 0 amide bonds. The van der Waals surface area contributed by atoms with Gasteiger partial charge in [-0.25, -0.2) is 0 Å². The van der Waals surface area contributed by atoms with Crippen molar-refractivity contribution in [2.24, 2.45) is 22.7 Å². The molecule has 236 valence electrons. The molecule has 0 aliphatic rings. The number of carbonyl (C=O) groups excluding carboxylic acids is 3. The van der Waals surface area contributed by atoms with Gasteiger partial charge in [0.1, 0.15) is 13.2 Å². The first-order valence-corrected chi connectivity index (χ1v) is 15.0. The molecule has 42 heavy (non-hydrogen) atoms. The first-order valence-electron chi connectivity index (χ1n) is 15.0. The first kappa shape index (κ1) is 37.1. The molecule has 1 aromatic rings. The highest BCUT2D eigenvalue weighted by Gasteiger charge is 2.39. The standard InChI is InChI=1S/C33H52N2O7/c1-8-9-17-40-29(37)26(20-27(22-32(2,3)24-34)25-13-11-10-12-14-25)21-28(30(38)41-19-16-36)23-33(4,5)31(39)42-18-15-35(6)7/h10-14,26-28,36H,8-9,15-23H2,1-7H3. The van der Waals surface area contributed by atoms with Crippen molar-refractivity contribution in [3.05, 3.63) is 35.9 Å². The Morgan fingerprint density at radius 3 is 2.10 bits per heavy atom. The van der Waals surface area contributed by atoms with E-state index in [1.54, 1.807) is 13.8 Å². The Morgan fingerprint density at radius 1 is 0.905 bits per heavy atom. The number of nitriles is 1. The van der Waals surface area contributed by atoms with E-state index in [0.29, 0.717) is 19.4 Å². The van der Waals surface area contributed by atoms with Crippen LogP contribution in [0.1, 0.15) is 84.6 Å². The van der Waals surface area contributed by atoms with Crippen molar-refractivity contribution in [1.82, 2.24) is 4.90 Å². The van der Waals surface area contributed by atoms with Crippen LogP contribution in [0.4, 0.5) is 0 Å². The van der Waals surface area contributed by atoms with Gasteiger partial charge < -0.3 is 24.2 Å². The van der Waals surface area contributed by atoms with Crippen LogP contribution in [0.25, 0.3) is 0 Å². The van der Waals surface area contributed by atoms with E-state index in [2.05, 4.69) is 6.07 Å². The molecule has 1 aromatic carbocycles. The van der Waals surface area contributed by atoms with Gasteiger partial charge in [-0.1, -0.05) is 43.7 Å². The summed E-state index contributed by atoms with van der Waals surface area (Å²) in [5.41, 5.74) is -0.681. The quantitative estimate of drug-likeness (QED) is 0.125. The van der Waals surface area contributed by atoms with Gasteiger partial charge in [-0.05, 0) is 85.4 Å². The van der Waals surface area contributed by atoms with Crippen LogP contribution in [0.15, 0.2) is 30.3 Å². The Morgan fingerprint density at radius 2 is 1.52 bits per heavy atom. The van der Waals surface area contributed by atoms with E-state index >= 15 is 0 Å². The summed E-state index contributed by atoms with van der Waals surface area (Å²) < 4.78 is 16.5. The van der Waals surface area contributed by atoms with Crippen molar-refractivity contribution in [2.45, 2.75) is 79.1 Å². The molecule has 9 nitrogen and oxygen atoms in total. The lowest BCUT2D eigenvalue weighted by Crippen LogP contribution is -2.36. The van der Waals surface area contributed by atoms with Crippen molar-refractivity contribution < 1.29 is 33.7 Å². The van der Waals surface area contributed by atoms with E-state index in [0.717, 1.165) is 18.4 Å². The summed E-state index contributed by atoms with van der Waals surface area (Å²) in [4.78, 5) is 41.7. The zero-order valence-electron chi connectivity index (χ0n) is 26.7. The van der Waals surface area contributed by atoms with Gasteiger partial charge >= 0.3 is 17.9 Å². The molecule has 0 fully saturated rings. The van der Waals surface area contributed by atoms with Gasteiger partial charge in [-0.15, -0.1) is 0 Å². The molecule has 0 aromatic heterocycles. The number of esters is 3. The molecular weight excluding hydrogens is 536 g/mol. The number of likely N-dealkylation sites (N-methyl/N-ethyl adjacent to an activating group) is 1. The predicted octanol–water partition coefficient (Wildman–Crippen LogP) is 5.12. The highest BCUT2D eigenvalue weighted by atomic mass is 16.5. The average molecular weight is 589 g/mol. The minimum atomic E-state index is -1.03. The summed E-state index contributed by atoms with van der Waals surface area (Å²) >= 11 is 0. The fraction of sp³-hybridized carbons (Fsp3) is 0.697. The second kappa shape index (κ2) is 18.6. The van der Waals surface area contributed by atoms with Gasteiger partial charge in [-0.2, -0.15) is 5.26 Å². The highest BCUT2D eigenvalue weighted by molar-refractivity contribution is 5.79. The Bertz CT molecular complexity index is 1000. The number of ether oxygens (including phenoxy) is 3. The van der Waals surface area contributed by atoms with Crippen molar-refractivity contribution in [3.63, 3.8) is 0 Å². The number of hydrogen-bond acceptors (Lipinski definition) is 9. The number of hydrogen-bond donors (Lipinski definition) is 1. The lowest BCUT2D eigenvalue weighted by atomic mass is 9.74. The van der Waals surface area contributed by atoms with Crippen LogP contribution in [0.2, 0.25) is 0 Å². The van der Waals surface area contributed by atoms with E-state index in [1.807, 2.05) is 70.1 Å². The Hall–Kier alpha value is -2.96. The molecule has 3 unspecified atom stereocenters. The van der Waals surface area contributed by atoms with Crippen LogP contribution >= 0.6 is 0 Å². The molecule has 0 saturated carbocycles. The van der Waals surface area contributed by atoms with Crippen LogP contribution < -0.4 is 0 Å². The summed E-state index contributed by atoms with van der Waals surface area (Å²) in [7, 11) is 3.76. The van der Waals surface area contributed by atoms with E-state index in [4.69, 9.17) is 14.2 Å². The number of rotatable bonds is 20. The monoisotopic (exact) mass is 588 g/mol. The Labute approximate surface area is 252 Å². The molecule has 0 saturated heterocycles. The zero-order chi connectivity index (χ0) is 31.8. The summed E-state index contributed by atoms with van der Waals surface area (Å²) in [6.07, 6.45) is 2.64. The van der Waals surface area contributed by atoms with E-state index in [1.165, 1.54) is 0 Å². The van der Waals surface area contributed by atoms with Gasteiger partial charge in [0, 0.05) is 6.54 Å². The largest absolute Gasteiger partial charge is 0.465 e. The third-order valence-corrected chi connectivity index (χ3v) is 7.29. The summed E-state index contributed by atoms with van der Waals surface area (Å²) in [6, 6.07) is 12.1. The van der Waals surface area contributed by atoms with Gasteiger partial charge in [0.15, 0.2) is 0 Å². The number of aliphatic hydroxyl groups is 1. The Balaban J connectivity index is 3.37. The molecule has 1 N–H and O–H groups in total. The molecule has 0 heterocycles. The second-order valence-corrected chi connectivity index (χ2v) is 12.6. The van der Waals surface area contributed by atoms with Crippen molar-refractivity contribution in [1.29, 1.82) is 5.26 Å². The maximum absolute atomic E-state index is 13.5. The van der Waals surface area contributed by atoms with Crippen LogP contribution in [-0.2, 0) is 28.6 Å². The Kier molecular flexibility index (Phi) is 16.4. The van der Waals surface area contributed by atoms with Crippen molar-refractivity contribution in [2.75, 3.05) is 47.1 Å². The number of benzene rings is 1. The molecule has 1 rings (SSSR count). The summed E-state index contributed by atoms with van der Waals surface area (Å²) in [5, 5.41) is 19.0. The zero-order valence-corrected chi connectivity index (χ0v) is 26.7. The van der Waals surface area contributed by atoms with Gasteiger partial charge in [-0.3, -0.25) is 14.4 Å². The van der Waals surface area contributed by atoms with E-state index in [-0.39, 0.29) is 45.2 Å². The van der Waals surface area contributed by atoms with Crippen LogP contribution in [0.3, 0.4) is 0 Å². The second-order valence-electron chi connectivity index (χ2n) is 12.6. The van der Waals surface area contributed by atoms with Gasteiger partial charge in [0.2, 0.25) is 0 Å². The van der Waals surface area contributed by atoms with Crippen LogP contribution in [-0.4, -0.2) is 75.0 Å². The normalized spacial score (nSPS) is 14.0. The maximum Gasteiger partial charge on any atom is 0.311 e. The fourth-order valence-corrected chi connectivity index (χ4v) is 4.88. The van der Waals surface area contributed by atoms with E-state index in [9.17, 15) is 24.8 Å². The molecule has 9 heteroatoms. The first-order chi connectivity index (χ1) is 19.8. The maximum atomic E-state index is 13.5. The number of unbranched alkanes of at least 4 members (excludes halogenated alkanes) is 1. The average Bonchev–Trinajstić information content (AvgIpc) is 2.94. The molecule has 0 bridgehead atoms. The van der Waals surface area contributed by atoms with Crippen LogP contribution in [0, 0.1) is 34.0 Å². The van der Waals surface area contributed by atoms with Gasteiger partial charge in [0.25, 0.3) is 0 Å².